The molecule has 2 nitrogen and oxygen atoms in total. The van der Waals surface area contributed by atoms with Crippen LogP contribution in [0.25, 0.3) is 0 Å². The van der Waals surface area contributed by atoms with E-state index in [9.17, 15) is 0 Å². The molecule has 77 heavy (non-hydrogen) atoms. The van der Waals surface area contributed by atoms with Gasteiger partial charge >= 0.3 is 0 Å². The third-order valence-electron chi connectivity index (χ3n) is 16.2. The van der Waals surface area contributed by atoms with Gasteiger partial charge in [-0.05, 0) is 87.5 Å². The molecule has 2 rings (SSSR count). The molecule has 0 amide bonds. The molecule has 436 valence electrons. The predicted octanol–water partition coefficient (Wildman–Crippen LogP) is 25.9. The predicted molar refractivity (Wildman–Crippen MR) is 349 cm³/mol. The Morgan fingerprint density at radius 1 is 0.325 bits per heavy atom. The molecular formula is C75H126N2. The largest absolute Gasteiger partial charge is 0.251 e. The highest BCUT2D eigenvalue weighted by Crippen LogP contribution is 2.25. The quantitative estimate of drug-likeness (QED) is 0.0273. The molecule has 0 saturated carbocycles. The van der Waals surface area contributed by atoms with Crippen LogP contribution in [0.2, 0.25) is 0 Å². The van der Waals surface area contributed by atoms with E-state index in [1.54, 1.807) is 0 Å². The highest BCUT2D eigenvalue weighted by atomic mass is 14.8. The van der Waals surface area contributed by atoms with Gasteiger partial charge < -0.3 is 0 Å². The second kappa shape index (κ2) is 56.1. The summed E-state index contributed by atoms with van der Waals surface area (Å²) < 4.78 is 0. The zero-order chi connectivity index (χ0) is 54.8. The molecular weight excluding hydrogens is 929 g/mol. The van der Waals surface area contributed by atoms with Gasteiger partial charge in [0, 0.05) is 6.42 Å². The maximum Gasteiger partial charge on any atom is 0.135 e. The van der Waals surface area contributed by atoms with Gasteiger partial charge in [-0.3, -0.25) is 4.99 Å². The van der Waals surface area contributed by atoms with Crippen LogP contribution in [0, 0.1) is 11.8 Å². The van der Waals surface area contributed by atoms with E-state index in [1.165, 1.54) is 306 Å². The molecule has 0 N–H and O–H groups in total. The van der Waals surface area contributed by atoms with E-state index in [1.807, 2.05) is 0 Å². The molecule has 0 radical (unpaired) electrons. The molecule has 2 aromatic rings. The van der Waals surface area contributed by atoms with Gasteiger partial charge in [-0.25, -0.2) is 4.99 Å². The Morgan fingerprint density at radius 3 is 0.883 bits per heavy atom. The summed E-state index contributed by atoms with van der Waals surface area (Å²) in [5.74, 6) is 6.68. The number of para-hydroxylation sites is 2. The first-order valence-corrected chi connectivity index (χ1v) is 34.3. The summed E-state index contributed by atoms with van der Waals surface area (Å²) in [6.07, 6.45) is 80.2. The topological polar surface area (TPSA) is 24.7 Å². The first-order valence-electron chi connectivity index (χ1n) is 34.3. The summed E-state index contributed by atoms with van der Waals surface area (Å²) in [6, 6.07) is 17.3. The van der Waals surface area contributed by atoms with Crippen molar-refractivity contribution in [1.29, 1.82) is 0 Å². The Bertz CT molecular complexity index is 1760. The van der Waals surface area contributed by atoms with Crippen molar-refractivity contribution in [3.8, 4) is 11.8 Å². The second-order valence-electron chi connectivity index (χ2n) is 23.5. The summed E-state index contributed by atoms with van der Waals surface area (Å²) in [5.41, 5.74) is 6.27. The number of hydrogen-bond acceptors (Lipinski definition) is 2. The fourth-order valence-electron chi connectivity index (χ4n) is 11.1. The molecule has 2 aromatic carbocycles. The van der Waals surface area contributed by atoms with E-state index in [0.29, 0.717) is 0 Å². The summed E-state index contributed by atoms with van der Waals surface area (Å²) >= 11 is 0. The van der Waals surface area contributed by atoms with Crippen molar-refractivity contribution in [2.24, 2.45) is 9.98 Å². The Kier molecular flexibility index (Phi) is 51.0. The summed E-state index contributed by atoms with van der Waals surface area (Å²) in [5, 5.41) is 0. The fraction of sp³-hybridized carbons (Fsp3) is 0.733. The van der Waals surface area contributed by atoms with Crippen molar-refractivity contribution in [3.05, 3.63) is 84.0 Å². The summed E-state index contributed by atoms with van der Waals surface area (Å²) in [7, 11) is 0. The Hall–Kier alpha value is -3.18. The number of rotatable bonds is 55. The van der Waals surface area contributed by atoms with Crippen molar-refractivity contribution < 1.29 is 0 Å². The molecule has 2 heteroatoms. The number of nitrogens with zero attached hydrogens (tertiary/aromatic N) is 2. The van der Waals surface area contributed by atoms with Crippen LogP contribution in [0.15, 0.2) is 82.8 Å². The van der Waals surface area contributed by atoms with E-state index in [-0.39, 0.29) is 0 Å². The van der Waals surface area contributed by atoms with Crippen molar-refractivity contribution in [1.82, 2.24) is 0 Å². The lowest BCUT2D eigenvalue weighted by atomic mass is 10.0. The minimum absolute atomic E-state index is 0.773. The third-order valence-corrected chi connectivity index (χ3v) is 16.2. The minimum Gasteiger partial charge on any atom is -0.251 e. The lowest BCUT2D eigenvalue weighted by Gasteiger charge is -2.08. The first kappa shape index (κ1) is 69.9. The molecule has 0 aliphatic heterocycles. The maximum atomic E-state index is 5.18. The van der Waals surface area contributed by atoms with E-state index < -0.39 is 0 Å². The highest BCUT2D eigenvalue weighted by molar-refractivity contribution is 6.48. The van der Waals surface area contributed by atoms with Crippen LogP contribution in [0.5, 0.6) is 0 Å². The zero-order valence-electron chi connectivity index (χ0n) is 51.9. The van der Waals surface area contributed by atoms with Crippen molar-refractivity contribution in [3.63, 3.8) is 0 Å². The number of hydrogen-bond donors (Lipinski definition) is 0. The fourth-order valence-corrected chi connectivity index (χ4v) is 11.1. The van der Waals surface area contributed by atoms with Crippen molar-refractivity contribution in [2.45, 2.75) is 355 Å². The number of unbranched alkanes of at least 4 members (excludes halogenated alkanes) is 44. The van der Waals surface area contributed by atoms with Crippen LogP contribution in [-0.4, -0.2) is 11.4 Å². The molecule has 0 atom stereocenters. The average molecular weight is 1060 g/mol. The van der Waals surface area contributed by atoms with Gasteiger partial charge in [0.1, 0.15) is 5.71 Å². The SMILES string of the molecule is CCC#CC(=Nc1ccccc1CC/C=C/CCCCCCCCCCCCCCCCCCCCCCCC)C(C)=Nc1ccccc1CC/C=C/CCCCCCCCCCCCCCCCCCCCCCCC. The van der Waals surface area contributed by atoms with Gasteiger partial charge in [0.15, 0.2) is 0 Å². The Morgan fingerprint density at radius 2 is 0.584 bits per heavy atom. The van der Waals surface area contributed by atoms with E-state index in [2.05, 4.69) is 112 Å². The number of benzene rings is 2. The van der Waals surface area contributed by atoms with E-state index in [0.717, 1.165) is 54.9 Å². The van der Waals surface area contributed by atoms with Crippen LogP contribution in [-0.2, 0) is 12.8 Å². The van der Waals surface area contributed by atoms with Crippen LogP contribution in [0.3, 0.4) is 0 Å². The Balaban J connectivity index is 1.56. The smallest absolute Gasteiger partial charge is 0.135 e. The van der Waals surface area contributed by atoms with E-state index in [4.69, 9.17) is 9.98 Å². The molecule has 0 bridgehead atoms. The van der Waals surface area contributed by atoms with E-state index >= 15 is 0 Å². The minimum atomic E-state index is 0.773. The zero-order valence-corrected chi connectivity index (χ0v) is 51.9. The van der Waals surface area contributed by atoms with Gasteiger partial charge in [0.05, 0.1) is 17.1 Å². The first-order chi connectivity index (χ1) is 38.2. The normalized spacial score (nSPS) is 12.2. The molecule has 0 aliphatic carbocycles. The summed E-state index contributed by atoms with van der Waals surface area (Å²) in [4.78, 5) is 10.3. The van der Waals surface area contributed by atoms with Gasteiger partial charge in [-0.2, -0.15) is 0 Å². The lowest BCUT2D eigenvalue weighted by Crippen LogP contribution is -2.08. The molecule has 0 spiro atoms. The number of allylic oxidation sites excluding steroid dienone is 4. The van der Waals surface area contributed by atoms with Crippen LogP contribution >= 0.6 is 0 Å². The average Bonchev–Trinajstić information content (AvgIpc) is 3.44. The molecule has 0 aliphatic rings. The van der Waals surface area contributed by atoms with Crippen LogP contribution in [0.4, 0.5) is 11.4 Å². The number of aryl methyl sites for hydroxylation is 2. The van der Waals surface area contributed by atoms with Gasteiger partial charge in [-0.1, -0.05) is 357 Å². The van der Waals surface area contributed by atoms with Gasteiger partial charge in [0.2, 0.25) is 0 Å². The lowest BCUT2D eigenvalue weighted by molar-refractivity contribution is 0.519. The van der Waals surface area contributed by atoms with Crippen molar-refractivity contribution in [2.75, 3.05) is 0 Å². The number of aliphatic imine (C=N–C) groups is 2. The molecule has 0 heterocycles. The second-order valence-corrected chi connectivity index (χ2v) is 23.5. The monoisotopic (exact) mass is 1050 g/mol. The van der Waals surface area contributed by atoms with Crippen LogP contribution in [0.1, 0.15) is 353 Å². The van der Waals surface area contributed by atoms with Gasteiger partial charge in [-0.15, -0.1) is 0 Å². The van der Waals surface area contributed by atoms with Crippen LogP contribution < -0.4 is 0 Å². The van der Waals surface area contributed by atoms with Crippen molar-refractivity contribution >= 4 is 22.8 Å². The standard InChI is InChI=1S/C75H126N2/c1-5-8-11-13-15-17-19-21-23-25-27-29-31-33-35-37-39-41-43-45-47-49-51-53-55-57-63-71-65-59-61-68-74(71)76-70(4)73(67-10-7-3)77-75-69-62-60-66-72(75)64-58-56-54-52-50-48-46-44-42-40-38-36-34-32-30-28-26-24-22-20-18-16-14-12-9-6-2/h53-56,59-62,65-66,68-69H,5-9,11-52,57-58,63-64H2,1-4H3/b55-53+,56-54+,76-70?,77-73?. The molecule has 0 fully saturated rings. The third kappa shape index (κ3) is 44.3. The summed E-state index contributed by atoms with van der Waals surface area (Å²) in [6.45, 7) is 8.80. The molecule has 0 saturated heterocycles. The maximum absolute atomic E-state index is 5.18. The Labute approximate surface area is 481 Å². The van der Waals surface area contributed by atoms with Gasteiger partial charge in [0.25, 0.3) is 0 Å². The highest BCUT2D eigenvalue weighted by Gasteiger charge is 2.08. The molecule has 0 aromatic heterocycles. The molecule has 0 unspecified atom stereocenters.